The summed E-state index contributed by atoms with van der Waals surface area (Å²) in [5, 5.41) is 20.8. The standard InChI is InChI=1S/C22H36N2O6/c1-22(2,3)30-21(28)24-17(12-13-19(23)25)15-29-18-10-7-9-16(14-18)8-5-4-6-11-20(26)27/h7,9-10,14,17,19,25H,4-6,8,11-13,15,23H2,1-3H3,(H,24,28)(H,26,27)/t17-,19?/m0/s1. The molecule has 0 fully saturated rings. The number of hydrogen-bond donors (Lipinski definition) is 4. The van der Waals surface area contributed by atoms with Crippen molar-refractivity contribution < 1.29 is 29.3 Å². The van der Waals surface area contributed by atoms with Gasteiger partial charge in [-0.05, 0) is 70.6 Å². The molecule has 1 unspecified atom stereocenters. The van der Waals surface area contributed by atoms with Gasteiger partial charge < -0.3 is 30.7 Å². The molecule has 0 bridgehead atoms. The summed E-state index contributed by atoms with van der Waals surface area (Å²) in [6, 6.07) is 7.33. The minimum Gasteiger partial charge on any atom is -0.491 e. The Morgan fingerprint density at radius 3 is 2.53 bits per heavy atom. The quantitative estimate of drug-likeness (QED) is 0.282. The number of amides is 1. The van der Waals surface area contributed by atoms with Crippen LogP contribution in [0.15, 0.2) is 24.3 Å². The average molecular weight is 425 g/mol. The van der Waals surface area contributed by atoms with Gasteiger partial charge >= 0.3 is 12.1 Å². The third-order valence-electron chi connectivity index (χ3n) is 4.24. The molecule has 0 radical (unpaired) electrons. The van der Waals surface area contributed by atoms with Crippen molar-refractivity contribution in [3.63, 3.8) is 0 Å². The zero-order chi connectivity index (χ0) is 22.6. The topological polar surface area (TPSA) is 131 Å². The number of carboxylic acid groups (broad SMARTS) is 1. The number of aliphatic hydroxyl groups is 1. The molecule has 1 aromatic rings. The number of benzene rings is 1. The lowest BCUT2D eigenvalue weighted by molar-refractivity contribution is -0.137. The van der Waals surface area contributed by atoms with Gasteiger partial charge in [0.05, 0.1) is 6.04 Å². The van der Waals surface area contributed by atoms with Gasteiger partial charge in [0.2, 0.25) is 0 Å². The summed E-state index contributed by atoms with van der Waals surface area (Å²) in [5.41, 5.74) is 5.92. The molecule has 30 heavy (non-hydrogen) atoms. The van der Waals surface area contributed by atoms with Crippen LogP contribution in [0.1, 0.15) is 64.9 Å². The highest BCUT2D eigenvalue weighted by Crippen LogP contribution is 2.17. The predicted octanol–water partition coefficient (Wildman–Crippen LogP) is 3.20. The van der Waals surface area contributed by atoms with Crippen LogP contribution in [-0.2, 0) is 16.0 Å². The molecule has 0 aliphatic rings. The molecule has 0 spiro atoms. The molecule has 0 aliphatic heterocycles. The van der Waals surface area contributed by atoms with Gasteiger partial charge in [-0.15, -0.1) is 0 Å². The first-order chi connectivity index (χ1) is 14.0. The van der Waals surface area contributed by atoms with Gasteiger partial charge in [0.25, 0.3) is 0 Å². The van der Waals surface area contributed by atoms with E-state index in [1.807, 2.05) is 24.3 Å². The van der Waals surface area contributed by atoms with Crippen molar-refractivity contribution in [2.24, 2.45) is 5.73 Å². The predicted molar refractivity (Wildman–Crippen MR) is 114 cm³/mol. The Hall–Kier alpha value is -2.32. The molecule has 1 rings (SSSR count). The van der Waals surface area contributed by atoms with Gasteiger partial charge in [-0.25, -0.2) is 4.79 Å². The lowest BCUT2D eigenvalue weighted by Gasteiger charge is -2.24. The van der Waals surface area contributed by atoms with Gasteiger partial charge in [0.15, 0.2) is 0 Å². The molecule has 2 atom stereocenters. The molecule has 8 heteroatoms. The van der Waals surface area contributed by atoms with E-state index in [9.17, 15) is 14.7 Å². The van der Waals surface area contributed by atoms with Crippen LogP contribution in [0.2, 0.25) is 0 Å². The molecule has 0 heterocycles. The van der Waals surface area contributed by atoms with E-state index in [1.54, 1.807) is 20.8 Å². The Bertz CT molecular complexity index is 657. The molecule has 1 amide bonds. The summed E-state index contributed by atoms with van der Waals surface area (Å²) in [7, 11) is 0. The van der Waals surface area contributed by atoms with Gasteiger partial charge in [-0.3, -0.25) is 4.79 Å². The smallest absolute Gasteiger partial charge is 0.407 e. The van der Waals surface area contributed by atoms with Gasteiger partial charge in [0.1, 0.15) is 24.2 Å². The van der Waals surface area contributed by atoms with E-state index in [2.05, 4.69) is 5.32 Å². The Labute approximate surface area is 178 Å². The minimum atomic E-state index is -0.961. The maximum Gasteiger partial charge on any atom is 0.407 e. The lowest BCUT2D eigenvalue weighted by atomic mass is 10.1. The number of rotatable bonds is 13. The first-order valence-corrected chi connectivity index (χ1v) is 10.4. The number of nitrogens with two attached hydrogens (primary N) is 1. The van der Waals surface area contributed by atoms with Crippen LogP contribution in [0.4, 0.5) is 4.79 Å². The van der Waals surface area contributed by atoms with Crippen molar-refractivity contribution >= 4 is 12.1 Å². The Morgan fingerprint density at radius 2 is 1.90 bits per heavy atom. The minimum absolute atomic E-state index is 0.201. The van der Waals surface area contributed by atoms with Crippen molar-refractivity contribution in [1.82, 2.24) is 5.32 Å². The second-order valence-electron chi connectivity index (χ2n) is 8.40. The molecule has 0 saturated carbocycles. The highest BCUT2D eigenvalue weighted by atomic mass is 16.6. The first kappa shape index (κ1) is 25.7. The van der Waals surface area contributed by atoms with E-state index in [1.165, 1.54) is 0 Å². The van der Waals surface area contributed by atoms with Crippen LogP contribution < -0.4 is 15.8 Å². The van der Waals surface area contributed by atoms with Crippen LogP contribution in [0.25, 0.3) is 0 Å². The van der Waals surface area contributed by atoms with Gasteiger partial charge in [-0.1, -0.05) is 18.6 Å². The molecular formula is C22H36N2O6. The van der Waals surface area contributed by atoms with Gasteiger partial charge in [0, 0.05) is 6.42 Å². The molecule has 0 saturated heterocycles. The first-order valence-electron chi connectivity index (χ1n) is 10.4. The highest BCUT2D eigenvalue weighted by Gasteiger charge is 2.20. The number of alkyl carbamates (subject to hydrolysis) is 1. The van der Waals surface area contributed by atoms with Gasteiger partial charge in [-0.2, -0.15) is 0 Å². The number of carbonyl (C=O) groups is 2. The van der Waals surface area contributed by atoms with Crippen LogP contribution in [-0.4, -0.2) is 46.8 Å². The summed E-state index contributed by atoms with van der Waals surface area (Å²) < 4.78 is 11.1. The number of aliphatic carboxylic acids is 1. The molecule has 0 aromatic heterocycles. The number of carbonyl (C=O) groups excluding carboxylic acids is 1. The summed E-state index contributed by atoms with van der Waals surface area (Å²) >= 11 is 0. The van der Waals surface area contributed by atoms with E-state index in [0.29, 0.717) is 25.0 Å². The Balaban J connectivity index is 2.55. The largest absolute Gasteiger partial charge is 0.491 e. The maximum atomic E-state index is 12.1. The van der Waals surface area contributed by atoms with Crippen molar-refractivity contribution in [2.45, 2.75) is 83.6 Å². The average Bonchev–Trinajstić information content (AvgIpc) is 2.62. The summed E-state index contributed by atoms with van der Waals surface area (Å²) in [4.78, 5) is 22.6. The van der Waals surface area contributed by atoms with Crippen LogP contribution in [0.3, 0.4) is 0 Å². The number of hydrogen-bond acceptors (Lipinski definition) is 6. The highest BCUT2D eigenvalue weighted by molar-refractivity contribution is 5.68. The van der Waals surface area contributed by atoms with E-state index in [4.69, 9.17) is 20.3 Å². The van der Waals surface area contributed by atoms with Crippen molar-refractivity contribution in [3.8, 4) is 5.75 Å². The zero-order valence-electron chi connectivity index (χ0n) is 18.2. The third-order valence-corrected chi connectivity index (χ3v) is 4.24. The second-order valence-corrected chi connectivity index (χ2v) is 8.40. The fourth-order valence-electron chi connectivity index (χ4n) is 2.81. The van der Waals surface area contributed by atoms with Crippen LogP contribution in [0, 0.1) is 0 Å². The summed E-state index contributed by atoms with van der Waals surface area (Å²) in [5.74, 6) is -0.0792. The lowest BCUT2D eigenvalue weighted by Crippen LogP contribution is -2.42. The van der Waals surface area contributed by atoms with Crippen molar-refractivity contribution in [2.75, 3.05) is 6.61 Å². The monoisotopic (exact) mass is 424 g/mol. The number of ether oxygens (including phenoxy) is 2. The van der Waals surface area contributed by atoms with E-state index < -0.39 is 23.9 Å². The van der Waals surface area contributed by atoms with E-state index >= 15 is 0 Å². The molecule has 170 valence electrons. The number of unbranched alkanes of at least 4 members (excludes halogenated alkanes) is 2. The summed E-state index contributed by atoms with van der Waals surface area (Å²) in [6.07, 6.45) is 2.75. The number of carboxylic acids is 1. The van der Waals surface area contributed by atoms with Crippen LogP contribution >= 0.6 is 0 Å². The molecular weight excluding hydrogens is 388 g/mol. The fourth-order valence-corrected chi connectivity index (χ4v) is 2.81. The van der Waals surface area contributed by atoms with E-state index in [-0.39, 0.29) is 19.1 Å². The number of aryl methyl sites for hydroxylation is 1. The molecule has 0 aliphatic carbocycles. The Morgan fingerprint density at radius 1 is 1.17 bits per heavy atom. The Kier molecular flexibility index (Phi) is 11.2. The summed E-state index contributed by atoms with van der Waals surface area (Å²) in [6.45, 7) is 5.58. The number of aliphatic hydroxyl groups excluding tert-OH is 1. The second kappa shape index (κ2) is 13.1. The molecule has 8 nitrogen and oxygen atoms in total. The number of nitrogens with one attached hydrogen (secondary N) is 1. The SMILES string of the molecule is CC(C)(C)OC(=O)N[C@@H](CCC(N)O)COc1cccc(CCCCCC(=O)O)c1. The molecule has 5 N–H and O–H groups in total. The van der Waals surface area contributed by atoms with E-state index in [0.717, 1.165) is 24.8 Å². The molecule has 1 aromatic carbocycles. The fraction of sp³-hybridized carbons (Fsp3) is 0.636. The normalized spacial score (nSPS) is 13.4. The maximum absolute atomic E-state index is 12.1. The van der Waals surface area contributed by atoms with Crippen molar-refractivity contribution in [3.05, 3.63) is 29.8 Å². The van der Waals surface area contributed by atoms with Crippen molar-refractivity contribution in [1.29, 1.82) is 0 Å². The third kappa shape index (κ3) is 13.0. The zero-order valence-corrected chi connectivity index (χ0v) is 18.2. The van der Waals surface area contributed by atoms with Crippen LogP contribution in [0.5, 0.6) is 5.75 Å².